The molecule has 0 bridgehead atoms. The molecule has 0 aliphatic carbocycles. The molecule has 2 aromatic rings. The van der Waals surface area contributed by atoms with Gasteiger partial charge in [-0.3, -0.25) is 0 Å². The summed E-state index contributed by atoms with van der Waals surface area (Å²) in [5, 5.41) is 9.82. The maximum absolute atomic E-state index is 11.9. The van der Waals surface area contributed by atoms with Crippen molar-refractivity contribution in [3.63, 3.8) is 0 Å². The average molecular weight is 314 g/mol. The molecular formula is C16H22N6O. The summed E-state index contributed by atoms with van der Waals surface area (Å²) >= 11 is 0. The Kier molecular flexibility index (Phi) is 5.21. The van der Waals surface area contributed by atoms with Gasteiger partial charge in [0.1, 0.15) is 12.7 Å². The van der Waals surface area contributed by atoms with Gasteiger partial charge in [0.05, 0.1) is 5.69 Å². The van der Waals surface area contributed by atoms with E-state index in [4.69, 9.17) is 0 Å². The number of anilines is 1. The highest BCUT2D eigenvalue weighted by atomic mass is 16.2. The molecule has 0 atom stereocenters. The standard InChI is InChI=1S/C16H22N6O/c23-16(18-7-4-10-21-8-1-2-9-21)20-14-5-3-6-15(11-14)22-13-17-12-19-22/h3,5-6,11-13H,1-2,4,7-10H2,(H2,18,20,23). The Morgan fingerprint density at radius 1 is 1.26 bits per heavy atom. The fourth-order valence-corrected chi connectivity index (χ4v) is 2.75. The first kappa shape index (κ1) is 15.5. The molecule has 1 aliphatic heterocycles. The van der Waals surface area contributed by atoms with E-state index in [0.717, 1.165) is 24.3 Å². The number of likely N-dealkylation sites (tertiary alicyclic amines) is 1. The lowest BCUT2D eigenvalue weighted by molar-refractivity contribution is 0.251. The maximum Gasteiger partial charge on any atom is 0.319 e. The fraction of sp³-hybridized carbons (Fsp3) is 0.438. The third-order valence-corrected chi connectivity index (χ3v) is 3.92. The highest BCUT2D eigenvalue weighted by Gasteiger charge is 2.10. The van der Waals surface area contributed by atoms with Crippen LogP contribution >= 0.6 is 0 Å². The van der Waals surface area contributed by atoms with Gasteiger partial charge in [-0.05, 0) is 57.1 Å². The molecule has 7 nitrogen and oxygen atoms in total. The zero-order chi connectivity index (χ0) is 15.9. The van der Waals surface area contributed by atoms with Gasteiger partial charge in [0.2, 0.25) is 0 Å². The lowest BCUT2D eigenvalue weighted by Crippen LogP contribution is -2.31. The summed E-state index contributed by atoms with van der Waals surface area (Å²) in [6.07, 6.45) is 6.68. The number of nitrogens with zero attached hydrogens (tertiary/aromatic N) is 4. The number of carbonyl (C=O) groups is 1. The van der Waals surface area contributed by atoms with Crippen molar-refractivity contribution in [2.75, 3.05) is 31.5 Å². The molecule has 7 heteroatoms. The molecule has 23 heavy (non-hydrogen) atoms. The van der Waals surface area contributed by atoms with Gasteiger partial charge in [0.15, 0.2) is 0 Å². The summed E-state index contributed by atoms with van der Waals surface area (Å²) in [5.41, 5.74) is 1.59. The Balaban J connectivity index is 1.43. The molecule has 2 N–H and O–H groups in total. The number of benzene rings is 1. The Hall–Kier alpha value is -2.41. The molecule has 3 rings (SSSR count). The number of carbonyl (C=O) groups excluding carboxylic acids is 1. The Bertz CT molecular complexity index is 621. The number of nitrogens with one attached hydrogen (secondary N) is 2. The molecule has 0 saturated carbocycles. The van der Waals surface area contributed by atoms with E-state index in [-0.39, 0.29) is 6.03 Å². The summed E-state index contributed by atoms with van der Waals surface area (Å²) < 4.78 is 1.65. The summed E-state index contributed by atoms with van der Waals surface area (Å²) in [5.74, 6) is 0. The second-order valence-corrected chi connectivity index (χ2v) is 5.67. The van der Waals surface area contributed by atoms with Crippen LogP contribution in [0.3, 0.4) is 0 Å². The van der Waals surface area contributed by atoms with E-state index in [9.17, 15) is 4.79 Å². The fourth-order valence-electron chi connectivity index (χ4n) is 2.75. The Morgan fingerprint density at radius 3 is 2.91 bits per heavy atom. The lowest BCUT2D eigenvalue weighted by Gasteiger charge is -2.14. The van der Waals surface area contributed by atoms with E-state index in [0.29, 0.717) is 6.54 Å². The molecule has 1 aromatic heterocycles. The molecular weight excluding hydrogens is 292 g/mol. The van der Waals surface area contributed by atoms with Gasteiger partial charge < -0.3 is 15.5 Å². The first-order chi connectivity index (χ1) is 11.3. The topological polar surface area (TPSA) is 75.1 Å². The van der Waals surface area contributed by atoms with Crippen molar-refractivity contribution in [3.05, 3.63) is 36.9 Å². The minimum Gasteiger partial charge on any atom is -0.338 e. The van der Waals surface area contributed by atoms with Gasteiger partial charge >= 0.3 is 6.03 Å². The van der Waals surface area contributed by atoms with Crippen molar-refractivity contribution in [1.82, 2.24) is 25.0 Å². The smallest absolute Gasteiger partial charge is 0.319 e. The van der Waals surface area contributed by atoms with Gasteiger partial charge in [-0.1, -0.05) is 6.07 Å². The molecule has 1 aromatic carbocycles. The number of hydrogen-bond donors (Lipinski definition) is 2. The van der Waals surface area contributed by atoms with Crippen molar-refractivity contribution in [1.29, 1.82) is 0 Å². The van der Waals surface area contributed by atoms with E-state index in [1.165, 1.54) is 32.3 Å². The molecule has 122 valence electrons. The molecule has 2 amide bonds. The van der Waals surface area contributed by atoms with E-state index in [1.807, 2.05) is 24.3 Å². The molecule has 1 aliphatic rings. The first-order valence-corrected chi connectivity index (χ1v) is 8.03. The largest absolute Gasteiger partial charge is 0.338 e. The summed E-state index contributed by atoms with van der Waals surface area (Å²) in [4.78, 5) is 18.3. The third-order valence-electron chi connectivity index (χ3n) is 3.92. The second kappa shape index (κ2) is 7.73. The third kappa shape index (κ3) is 4.53. The van der Waals surface area contributed by atoms with E-state index < -0.39 is 0 Å². The molecule has 0 radical (unpaired) electrons. The second-order valence-electron chi connectivity index (χ2n) is 5.67. The van der Waals surface area contributed by atoms with Crippen molar-refractivity contribution in [3.8, 4) is 5.69 Å². The Labute approximate surface area is 135 Å². The van der Waals surface area contributed by atoms with Crippen molar-refractivity contribution in [2.45, 2.75) is 19.3 Å². The van der Waals surface area contributed by atoms with Crippen LogP contribution in [0.4, 0.5) is 10.5 Å². The molecule has 0 unspecified atom stereocenters. The van der Waals surface area contributed by atoms with Crippen LogP contribution in [0.1, 0.15) is 19.3 Å². The normalized spacial score (nSPS) is 14.8. The number of aromatic nitrogens is 3. The van der Waals surface area contributed by atoms with Crippen LogP contribution in [0.5, 0.6) is 0 Å². The minimum atomic E-state index is -0.179. The highest BCUT2D eigenvalue weighted by Crippen LogP contribution is 2.13. The van der Waals surface area contributed by atoms with Gasteiger partial charge in [0.25, 0.3) is 0 Å². The van der Waals surface area contributed by atoms with Crippen molar-refractivity contribution in [2.24, 2.45) is 0 Å². The quantitative estimate of drug-likeness (QED) is 0.798. The van der Waals surface area contributed by atoms with Gasteiger partial charge in [-0.15, -0.1) is 0 Å². The van der Waals surface area contributed by atoms with Crippen molar-refractivity contribution < 1.29 is 4.79 Å². The first-order valence-electron chi connectivity index (χ1n) is 8.03. The average Bonchev–Trinajstić information content (AvgIpc) is 3.25. The monoisotopic (exact) mass is 314 g/mol. The molecule has 1 fully saturated rings. The predicted molar refractivity (Wildman–Crippen MR) is 88.7 cm³/mol. The Morgan fingerprint density at radius 2 is 2.13 bits per heavy atom. The van der Waals surface area contributed by atoms with Crippen LogP contribution in [-0.2, 0) is 0 Å². The van der Waals surface area contributed by atoms with E-state index in [2.05, 4.69) is 25.6 Å². The number of hydrogen-bond acceptors (Lipinski definition) is 4. The van der Waals surface area contributed by atoms with E-state index >= 15 is 0 Å². The summed E-state index contributed by atoms with van der Waals surface area (Å²) in [6.45, 7) is 4.13. The minimum absolute atomic E-state index is 0.179. The lowest BCUT2D eigenvalue weighted by atomic mass is 10.3. The summed E-state index contributed by atoms with van der Waals surface area (Å²) in [7, 11) is 0. The van der Waals surface area contributed by atoms with Gasteiger partial charge in [-0.25, -0.2) is 14.5 Å². The summed E-state index contributed by atoms with van der Waals surface area (Å²) in [6, 6.07) is 7.32. The van der Waals surface area contributed by atoms with Crippen LogP contribution in [0.15, 0.2) is 36.9 Å². The zero-order valence-electron chi connectivity index (χ0n) is 13.1. The van der Waals surface area contributed by atoms with Crippen LogP contribution in [-0.4, -0.2) is 51.9 Å². The number of urea groups is 1. The zero-order valence-corrected chi connectivity index (χ0v) is 13.1. The molecule has 2 heterocycles. The van der Waals surface area contributed by atoms with Crippen molar-refractivity contribution >= 4 is 11.7 Å². The van der Waals surface area contributed by atoms with Gasteiger partial charge in [-0.2, -0.15) is 5.10 Å². The highest BCUT2D eigenvalue weighted by molar-refractivity contribution is 5.89. The van der Waals surface area contributed by atoms with Gasteiger partial charge in [0, 0.05) is 12.2 Å². The maximum atomic E-state index is 11.9. The number of rotatable bonds is 6. The van der Waals surface area contributed by atoms with Crippen LogP contribution < -0.4 is 10.6 Å². The predicted octanol–water partition coefficient (Wildman–Crippen LogP) is 1.87. The SMILES string of the molecule is O=C(NCCCN1CCCC1)Nc1cccc(-n2cncn2)c1. The van der Waals surface area contributed by atoms with E-state index in [1.54, 1.807) is 11.0 Å². The molecule has 1 saturated heterocycles. The van der Waals surface area contributed by atoms with Crippen LogP contribution in [0.25, 0.3) is 5.69 Å². The van der Waals surface area contributed by atoms with Crippen LogP contribution in [0.2, 0.25) is 0 Å². The number of amides is 2. The van der Waals surface area contributed by atoms with Crippen LogP contribution in [0, 0.1) is 0 Å². The molecule has 0 spiro atoms.